The van der Waals surface area contributed by atoms with Crippen LogP contribution in [0.25, 0.3) is 0 Å². The smallest absolute Gasteiger partial charge is 0.195 e. The van der Waals surface area contributed by atoms with Crippen molar-refractivity contribution < 1.29 is 28.7 Å². The van der Waals surface area contributed by atoms with Gasteiger partial charge in [-0.3, -0.25) is 34.2 Å². The number of hydrogen-bond acceptors (Lipinski definition) is 8. The van der Waals surface area contributed by atoms with Crippen molar-refractivity contribution in [3.8, 4) is 5.75 Å². The molecule has 5 aliphatic rings. The zero-order valence-electron chi connectivity index (χ0n) is 21.1. The van der Waals surface area contributed by atoms with E-state index < -0.39 is 51.8 Å². The van der Waals surface area contributed by atoms with E-state index in [1.165, 1.54) is 4.90 Å². The number of Topliss-reactive ketones (excluding diaryl/α,β-unsaturated/α-hetero) is 5. The van der Waals surface area contributed by atoms with Crippen LogP contribution in [0, 0.1) is 12.3 Å². The number of carbonyl (C=O) groups is 5. The number of ether oxygens (including phenoxy) is 1. The quantitative estimate of drug-likeness (QED) is 0.452. The fourth-order valence-corrected chi connectivity index (χ4v) is 8.08. The number of likely N-dealkylation sites (tertiary alicyclic amines) is 1. The fraction of sp³-hybridized carbons (Fsp3) is 0.258. The average molecular weight is 519 g/mol. The Morgan fingerprint density at radius 3 is 1.85 bits per heavy atom. The molecule has 8 heteroatoms. The van der Waals surface area contributed by atoms with Crippen LogP contribution in [-0.4, -0.2) is 70.6 Å². The van der Waals surface area contributed by atoms with E-state index in [-0.39, 0.29) is 40.3 Å². The zero-order valence-corrected chi connectivity index (χ0v) is 21.1. The molecule has 3 aromatic rings. The molecule has 0 bridgehead atoms. The Balaban J connectivity index is 1.44. The second kappa shape index (κ2) is 6.83. The molecular formula is C31H22N2O6. The second-order valence-electron chi connectivity index (χ2n) is 11.2. The zero-order chi connectivity index (χ0) is 27.1. The number of aryl methyl sites for hydroxylation is 1. The van der Waals surface area contributed by atoms with Crippen LogP contribution in [0.4, 0.5) is 0 Å². The van der Waals surface area contributed by atoms with Gasteiger partial charge < -0.3 is 4.74 Å². The summed E-state index contributed by atoms with van der Waals surface area (Å²) < 4.78 is 6.55. The molecule has 39 heavy (non-hydrogen) atoms. The summed E-state index contributed by atoms with van der Waals surface area (Å²) in [5.74, 6) is -1.98. The molecule has 0 aromatic heterocycles. The van der Waals surface area contributed by atoms with Crippen LogP contribution in [-0.2, 0) is 0 Å². The van der Waals surface area contributed by atoms with Gasteiger partial charge in [-0.2, -0.15) is 0 Å². The third kappa shape index (κ3) is 2.15. The molecule has 0 amide bonds. The van der Waals surface area contributed by atoms with E-state index >= 15 is 0 Å². The van der Waals surface area contributed by atoms with Crippen LogP contribution >= 0.6 is 0 Å². The number of hydrogen-bond donors (Lipinski definition) is 1. The van der Waals surface area contributed by atoms with Gasteiger partial charge in [0.15, 0.2) is 40.0 Å². The van der Waals surface area contributed by atoms with Gasteiger partial charge >= 0.3 is 0 Å². The summed E-state index contributed by atoms with van der Waals surface area (Å²) >= 11 is 0. The van der Waals surface area contributed by atoms with Gasteiger partial charge in [0, 0.05) is 28.8 Å². The number of benzene rings is 3. The third-order valence-corrected chi connectivity index (χ3v) is 9.64. The van der Waals surface area contributed by atoms with Crippen molar-refractivity contribution >= 4 is 28.9 Å². The molecule has 3 atom stereocenters. The summed E-state index contributed by atoms with van der Waals surface area (Å²) in [6.07, 6.45) is -1.26. The normalized spacial score (nSPS) is 28.9. The van der Waals surface area contributed by atoms with Crippen LogP contribution in [0.1, 0.15) is 57.4 Å². The highest BCUT2D eigenvalue weighted by Crippen LogP contribution is 2.62. The summed E-state index contributed by atoms with van der Waals surface area (Å²) in [4.78, 5) is 73.1. The van der Waals surface area contributed by atoms with Crippen LogP contribution in [0.5, 0.6) is 5.75 Å². The predicted molar refractivity (Wildman–Crippen MR) is 138 cm³/mol. The number of rotatable bonds is 0. The molecule has 3 heterocycles. The van der Waals surface area contributed by atoms with Crippen molar-refractivity contribution in [3.05, 3.63) is 100 Å². The summed E-state index contributed by atoms with van der Waals surface area (Å²) in [5.41, 5.74) is -3.19. The SMILES string of the molecule is Cc1ccc2c(c1)C(=O)[C@]13CNC4(C(=O)c5ccccc5C4=O)[C@H]1N(C)C1(C(=O)c4ccccc4C1=O)[C@@H]3O2. The first-order chi connectivity index (χ1) is 18.7. The van der Waals surface area contributed by atoms with Gasteiger partial charge in [0.2, 0.25) is 0 Å². The highest BCUT2D eigenvalue weighted by atomic mass is 16.5. The third-order valence-electron chi connectivity index (χ3n) is 9.64. The minimum Gasteiger partial charge on any atom is -0.486 e. The Morgan fingerprint density at radius 2 is 1.28 bits per heavy atom. The van der Waals surface area contributed by atoms with Crippen molar-refractivity contribution in [2.45, 2.75) is 30.1 Å². The van der Waals surface area contributed by atoms with Crippen molar-refractivity contribution in [2.75, 3.05) is 13.6 Å². The number of ketones is 5. The van der Waals surface area contributed by atoms with Crippen LogP contribution < -0.4 is 10.1 Å². The Labute approximate surface area is 222 Å². The lowest BCUT2D eigenvalue weighted by molar-refractivity contribution is 0.0164. The molecule has 2 saturated heterocycles. The molecule has 0 unspecified atom stereocenters. The van der Waals surface area contributed by atoms with Gasteiger partial charge in [-0.15, -0.1) is 0 Å². The Bertz CT molecular complexity index is 1690. The van der Waals surface area contributed by atoms with Gasteiger partial charge in [0.05, 0.1) is 11.6 Å². The number of carbonyl (C=O) groups excluding carboxylic acids is 5. The maximum atomic E-state index is 14.7. The summed E-state index contributed by atoms with van der Waals surface area (Å²) in [5, 5.41) is 3.17. The number of nitrogens with one attached hydrogen (secondary N) is 1. The van der Waals surface area contributed by atoms with E-state index in [1.807, 2.05) is 6.92 Å². The first-order valence-corrected chi connectivity index (χ1v) is 12.9. The predicted octanol–water partition coefficient (Wildman–Crippen LogP) is 2.48. The molecule has 1 N–H and O–H groups in total. The molecule has 2 fully saturated rings. The molecular weight excluding hydrogens is 496 g/mol. The summed E-state index contributed by atoms with van der Waals surface area (Å²) in [7, 11) is 1.57. The summed E-state index contributed by atoms with van der Waals surface area (Å²) in [6, 6.07) is 17.2. The standard InChI is InChI=1S/C31H22N2O6/c1-15-11-12-21-20(13-15)22(34)29-14-32-30(23(35)16-7-3-4-8-17(16)24(30)36)27(29)33(2)31(28(29)39-21)25(37)18-9-5-6-10-19(18)26(31)38/h3-13,27-28,32H,14H2,1-2H3/t27-,28+,29+/m0/s1. The molecule has 0 saturated carbocycles. The first-order valence-electron chi connectivity index (χ1n) is 12.9. The van der Waals surface area contributed by atoms with Crippen LogP contribution in [0.15, 0.2) is 66.7 Å². The Hall–Kier alpha value is -4.27. The Morgan fingerprint density at radius 1 is 0.744 bits per heavy atom. The van der Waals surface area contributed by atoms with E-state index in [9.17, 15) is 24.0 Å². The van der Waals surface area contributed by atoms with E-state index in [1.54, 1.807) is 73.8 Å². The maximum Gasteiger partial charge on any atom is 0.195 e. The number of likely N-dealkylation sites (N-methyl/N-ethyl adjacent to an activating group) is 1. The molecule has 8 rings (SSSR count). The van der Waals surface area contributed by atoms with Crippen molar-refractivity contribution in [2.24, 2.45) is 5.41 Å². The monoisotopic (exact) mass is 518 g/mol. The lowest BCUT2D eigenvalue weighted by Crippen LogP contribution is -2.67. The maximum absolute atomic E-state index is 14.7. The van der Waals surface area contributed by atoms with Crippen LogP contribution in [0.2, 0.25) is 0 Å². The molecule has 2 aliphatic carbocycles. The van der Waals surface area contributed by atoms with Crippen LogP contribution in [0.3, 0.4) is 0 Å². The fourth-order valence-electron chi connectivity index (χ4n) is 8.08. The van der Waals surface area contributed by atoms with E-state index in [0.29, 0.717) is 5.56 Å². The minimum atomic E-state index is -1.92. The van der Waals surface area contributed by atoms with Crippen molar-refractivity contribution in [3.63, 3.8) is 0 Å². The largest absolute Gasteiger partial charge is 0.486 e. The lowest BCUT2D eigenvalue weighted by atomic mass is 9.65. The summed E-state index contributed by atoms with van der Waals surface area (Å²) in [6.45, 7) is 1.75. The Kier molecular flexibility index (Phi) is 3.97. The highest BCUT2D eigenvalue weighted by molar-refractivity contribution is 6.37. The highest BCUT2D eigenvalue weighted by Gasteiger charge is 2.86. The van der Waals surface area contributed by atoms with Crippen molar-refractivity contribution in [1.82, 2.24) is 10.2 Å². The molecule has 3 aliphatic heterocycles. The number of nitrogens with zero attached hydrogens (tertiary/aromatic N) is 1. The average Bonchev–Trinajstić information content (AvgIpc) is 3.56. The molecule has 0 radical (unpaired) electrons. The van der Waals surface area contributed by atoms with Gasteiger partial charge in [-0.05, 0) is 26.1 Å². The van der Waals surface area contributed by atoms with Gasteiger partial charge in [-0.1, -0.05) is 60.2 Å². The topological polar surface area (TPSA) is 110 Å². The first kappa shape index (κ1) is 22.7. The molecule has 3 spiro atoms. The van der Waals surface area contributed by atoms with Gasteiger partial charge in [-0.25, -0.2) is 0 Å². The van der Waals surface area contributed by atoms with E-state index in [2.05, 4.69) is 5.32 Å². The second-order valence-corrected chi connectivity index (χ2v) is 11.2. The number of fused-ring (bicyclic) bond motifs is 5. The molecule has 3 aromatic carbocycles. The van der Waals surface area contributed by atoms with Gasteiger partial charge in [0.1, 0.15) is 17.3 Å². The molecule has 8 nitrogen and oxygen atoms in total. The van der Waals surface area contributed by atoms with E-state index in [4.69, 9.17) is 4.74 Å². The van der Waals surface area contributed by atoms with Gasteiger partial charge in [0.25, 0.3) is 0 Å². The molecule has 192 valence electrons. The van der Waals surface area contributed by atoms with Crippen molar-refractivity contribution in [1.29, 1.82) is 0 Å². The minimum absolute atomic E-state index is 0.108. The van der Waals surface area contributed by atoms with E-state index in [0.717, 1.165) is 5.56 Å². The lowest BCUT2D eigenvalue weighted by Gasteiger charge is -2.41.